The van der Waals surface area contributed by atoms with E-state index in [1.165, 1.54) is 14.2 Å². The van der Waals surface area contributed by atoms with E-state index in [-0.39, 0.29) is 19.4 Å². The summed E-state index contributed by atoms with van der Waals surface area (Å²) in [6, 6.07) is 21.0. The fourth-order valence-electron chi connectivity index (χ4n) is 3.53. The third kappa shape index (κ3) is 7.07. The summed E-state index contributed by atoms with van der Waals surface area (Å²) >= 11 is 0. The molecular weight excluding hydrogens is 448 g/mol. The molecule has 3 rings (SSSR count). The van der Waals surface area contributed by atoms with Gasteiger partial charge in [-0.25, -0.2) is 0 Å². The van der Waals surface area contributed by atoms with E-state index in [2.05, 4.69) is 10.6 Å². The standard InChI is InChI=1S/C27H28N2O6/c1-34-23-14-8-18(16-24(23)35-2)17-28-27(33)22(13-15-25(30)31)29-26(32)21-11-9-20(10-12-21)19-6-4-3-5-7-19/h3-12,14,16,22H,13,15,17H2,1-2H3,(H,28,33)(H,29,32)(H,30,31)/t22-/m0/s1. The number of nitrogens with one attached hydrogen (secondary N) is 2. The molecule has 8 heteroatoms. The monoisotopic (exact) mass is 476 g/mol. The quantitative estimate of drug-likeness (QED) is 0.389. The third-order valence-corrected chi connectivity index (χ3v) is 5.44. The van der Waals surface area contributed by atoms with E-state index in [0.29, 0.717) is 17.1 Å². The van der Waals surface area contributed by atoms with Crippen LogP contribution in [0.15, 0.2) is 72.8 Å². The van der Waals surface area contributed by atoms with Gasteiger partial charge in [0.2, 0.25) is 5.91 Å². The molecule has 0 aliphatic heterocycles. The van der Waals surface area contributed by atoms with E-state index in [4.69, 9.17) is 14.6 Å². The largest absolute Gasteiger partial charge is 0.493 e. The number of carbonyl (C=O) groups is 3. The van der Waals surface area contributed by atoms with Gasteiger partial charge in [0.25, 0.3) is 5.91 Å². The molecule has 0 heterocycles. The first kappa shape index (κ1) is 25.3. The van der Waals surface area contributed by atoms with E-state index >= 15 is 0 Å². The Balaban J connectivity index is 1.67. The van der Waals surface area contributed by atoms with E-state index in [0.717, 1.165) is 16.7 Å². The molecule has 3 aromatic carbocycles. The van der Waals surface area contributed by atoms with Gasteiger partial charge in [-0.1, -0.05) is 48.5 Å². The van der Waals surface area contributed by atoms with Crippen molar-refractivity contribution < 1.29 is 29.0 Å². The zero-order chi connectivity index (χ0) is 25.2. The van der Waals surface area contributed by atoms with E-state index < -0.39 is 23.8 Å². The van der Waals surface area contributed by atoms with Crippen molar-refractivity contribution in [3.05, 3.63) is 83.9 Å². The number of ether oxygens (including phenoxy) is 2. The number of amides is 2. The highest BCUT2D eigenvalue weighted by molar-refractivity contribution is 5.98. The van der Waals surface area contributed by atoms with Crippen LogP contribution in [-0.2, 0) is 16.1 Å². The lowest BCUT2D eigenvalue weighted by atomic mass is 10.0. The maximum Gasteiger partial charge on any atom is 0.303 e. The summed E-state index contributed by atoms with van der Waals surface area (Å²) < 4.78 is 10.5. The Morgan fingerprint density at radius 1 is 0.857 bits per heavy atom. The van der Waals surface area contributed by atoms with Crippen molar-refractivity contribution in [2.45, 2.75) is 25.4 Å². The molecule has 2 amide bonds. The lowest BCUT2D eigenvalue weighted by molar-refractivity contribution is -0.137. The van der Waals surface area contributed by atoms with Gasteiger partial charge >= 0.3 is 5.97 Å². The number of carboxylic acid groups (broad SMARTS) is 1. The zero-order valence-electron chi connectivity index (χ0n) is 19.6. The van der Waals surface area contributed by atoms with E-state index in [1.807, 2.05) is 42.5 Å². The lowest BCUT2D eigenvalue weighted by Crippen LogP contribution is -2.46. The maximum absolute atomic E-state index is 12.8. The average Bonchev–Trinajstić information content (AvgIpc) is 2.89. The maximum atomic E-state index is 12.8. The Kier molecular flexibility index (Phi) is 8.83. The Bertz CT molecular complexity index is 1160. The van der Waals surface area contributed by atoms with Crippen LogP contribution in [0.5, 0.6) is 11.5 Å². The molecule has 0 spiro atoms. The average molecular weight is 477 g/mol. The molecule has 0 unspecified atom stereocenters. The summed E-state index contributed by atoms with van der Waals surface area (Å²) in [6.07, 6.45) is -0.303. The van der Waals surface area contributed by atoms with E-state index in [1.54, 1.807) is 30.3 Å². The van der Waals surface area contributed by atoms with Crippen molar-refractivity contribution in [2.24, 2.45) is 0 Å². The molecule has 8 nitrogen and oxygen atoms in total. The molecule has 0 radical (unpaired) electrons. The number of methoxy groups -OCH3 is 2. The van der Waals surface area contributed by atoms with Gasteiger partial charge in [-0.05, 0) is 47.4 Å². The number of carboxylic acids is 1. The van der Waals surface area contributed by atoms with Gasteiger partial charge in [-0.15, -0.1) is 0 Å². The van der Waals surface area contributed by atoms with Crippen LogP contribution < -0.4 is 20.1 Å². The van der Waals surface area contributed by atoms with Crippen LogP contribution in [0.4, 0.5) is 0 Å². The minimum Gasteiger partial charge on any atom is -0.493 e. The molecule has 0 aliphatic rings. The molecule has 0 fully saturated rings. The van der Waals surface area contributed by atoms with Crippen LogP contribution in [-0.4, -0.2) is 43.2 Å². The first-order valence-corrected chi connectivity index (χ1v) is 11.1. The number of benzene rings is 3. The number of hydrogen-bond donors (Lipinski definition) is 3. The SMILES string of the molecule is COc1ccc(CNC(=O)[C@H](CCC(=O)O)NC(=O)c2ccc(-c3ccccc3)cc2)cc1OC. The van der Waals surface area contributed by atoms with Crippen molar-refractivity contribution in [3.63, 3.8) is 0 Å². The molecular formula is C27H28N2O6. The Hall–Kier alpha value is -4.33. The van der Waals surface area contributed by atoms with Crippen LogP contribution in [0, 0.1) is 0 Å². The second-order valence-corrected chi connectivity index (χ2v) is 7.81. The van der Waals surface area contributed by atoms with Crippen molar-refractivity contribution >= 4 is 17.8 Å². The van der Waals surface area contributed by atoms with Gasteiger partial charge in [-0.2, -0.15) is 0 Å². The van der Waals surface area contributed by atoms with Crippen LogP contribution in [0.1, 0.15) is 28.8 Å². The first-order chi connectivity index (χ1) is 16.9. The molecule has 0 bridgehead atoms. The molecule has 3 aromatic rings. The summed E-state index contributed by atoms with van der Waals surface area (Å²) in [5.74, 6) is -0.901. The summed E-state index contributed by atoms with van der Waals surface area (Å²) in [5, 5.41) is 14.5. The van der Waals surface area contributed by atoms with Crippen LogP contribution in [0.25, 0.3) is 11.1 Å². The highest BCUT2D eigenvalue weighted by Gasteiger charge is 2.22. The van der Waals surface area contributed by atoms with Gasteiger partial charge in [0.1, 0.15) is 6.04 Å². The lowest BCUT2D eigenvalue weighted by Gasteiger charge is -2.18. The fourth-order valence-corrected chi connectivity index (χ4v) is 3.53. The molecule has 1 atom stereocenters. The third-order valence-electron chi connectivity index (χ3n) is 5.44. The van der Waals surface area contributed by atoms with Crippen LogP contribution >= 0.6 is 0 Å². The van der Waals surface area contributed by atoms with E-state index in [9.17, 15) is 14.4 Å². The Labute approximate surface area is 203 Å². The van der Waals surface area contributed by atoms with Gasteiger partial charge in [0, 0.05) is 18.5 Å². The number of aliphatic carboxylic acids is 1. The molecule has 0 saturated heterocycles. The normalized spacial score (nSPS) is 11.3. The predicted octanol–water partition coefficient (Wildman–Crippen LogP) is 3.65. The number of rotatable bonds is 11. The molecule has 182 valence electrons. The van der Waals surface area contributed by atoms with Crippen LogP contribution in [0.2, 0.25) is 0 Å². The minimum atomic E-state index is -1.05. The van der Waals surface area contributed by atoms with Crippen molar-refractivity contribution in [1.82, 2.24) is 10.6 Å². The predicted molar refractivity (Wildman–Crippen MR) is 131 cm³/mol. The summed E-state index contributed by atoms with van der Waals surface area (Å²) in [7, 11) is 3.05. The molecule has 3 N–H and O–H groups in total. The van der Waals surface area contributed by atoms with Gasteiger partial charge in [0.15, 0.2) is 11.5 Å². The minimum absolute atomic E-state index is 0.0407. The summed E-state index contributed by atoms with van der Waals surface area (Å²) in [5.41, 5.74) is 3.11. The summed E-state index contributed by atoms with van der Waals surface area (Å²) in [4.78, 5) is 36.7. The fraction of sp³-hybridized carbons (Fsp3) is 0.222. The number of carbonyl (C=O) groups excluding carboxylic acids is 2. The smallest absolute Gasteiger partial charge is 0.303 e. The van der Waals surface area contributed by atoms with Crippen molar-refractivity contribution in [1.29, 1.82) is 0 Å². The molecule has 0 aromatic heterocycles. The van der Waals surface area contributed by atoms with Gasteiger partial charge < -0.3 is 25.2 Å². The van der Waals surface area contributed by atoms with Gasteiger partial charge in [0.05, 0.1) is 14.2 Å². The first-order valence-electron chi connectivity index (χ1n) is 11.1. The molecule has 0 saturated carbocycles. The molecule has 35 heavy (non-hydrogen) atoms. The number of hydrogen-bond acceptors (Lipinski definition) is 5. The van der Waals surface area contributed by atoms with Gasteiger partial charge in [-0.3, -0.25) is 14.4 Å². The van der Waals surface area contributed by atoms with Crippen molar-refractivity contribution in [3.8, 4) is 22.6 Å². The second kappa shape index (κ2) is 12.2. The highest BCUT2D eigenvalue weighted by atomic mass is 16.5. The Morgan fingerprint density at radius 3 is 2.14 bits per heavy atom. The zero-order valence-corrected chi connectivity index (χ0v) is 19.6. The molecule has 0 aliphatic carbocycles. The van der Waals surface area contributed by atoms with Crippen molar-refractivity contribution in [2.75, 3.05) is 14.2 Å². The highest BCUT2D eigenvalue weighted by Crippen LogP contribution is 2.27. The summed E-state index contributed by atoms with van der Waals surface area (Å²) in [6.45, 7) is 0.171. The Morgan fingerprint density at radius 2 is 1.51 bits per heavy atom. The van der Waals surface area contributed by atoms with Crippen LogP contribution in [0.3, 0.4) is 0 Å². The topological polar surface area (TPSA) is 114 Å². The second-order valence-electron chi connectivity index (χ2n) is 7.81.